The third-order valence-corrected chi connectivity index (χ3v) is 3.03. The molecule has 102 valence electrons. The maximum atomic E-state index is 10.7. The van der Waals surface area contributed by atoms with Crippen LogP contribution in [0.5, 0.6) is 0 Å². The molecule has 19 heavy (non-hydrogen) atoms. The van der Waals surface area contributed by atoms with E-state index < -0.39 is 29.3 Å². The molecule has 1 aromatic rings. The second kappa shape index (κ2) is 6.71. The summed E-state index contributed by atoms with van der Waals surface area (Å²) in [5.74, 6) is -2.32. The number of primary amides is 1. The largest absolute Gasteiger partial charge is 0.548 e. The number of carbonyl (C=O) groups excluding carboxylic acids is 2. The van der Waals surface area contributed by atoms with E-state index in [-0.39, 0.29) is 10.6 Å². The molecule has 1 aromatic carbocycles. The number of carboxylic acids is 1. The van der Waals surface area contributed by atoms with Crippen LogP contribution >= 0.6 is 11.9 Å². The molecule has 1 atom stereocenters. The Labute approximate surface area is 112 Å². The SMILES string of the molecule is NC(=O)C[C@H](NSc1ccccc1[N+](=O)[O-])C(=O)[O-]. The molecule has 0 spiro atoms. The van der Waals surface area contributed by atoms with Gasteiger partial charge in [-0.3, -0.25) is 19.6 Å². The summed E-state index contributed by atoms with van der Waals surface area (Å²) in [6, 6.07) is 4.47. The average molecular weight is 284 g/mol. The molecule has 9 heteroatoms. The molecule has 0 aromatic heterocycles. The lowest BCUT2D eigenvalue weighted by Gasteiger charge is -2.17. The van der Waals surface area contributed by atoms with Crippen molar-refractivity contribution in [3.8, 4) is 0 Å². The maximum Gasteiger partial charge on any atom is 0.284 e. The summed E-state index contributed by atoms with van der Waals surface area (Å²) in [4.78, 5) is 31.8. The minimum Gasteiger partial charge on any atom is -0.548 e. The molecule has 0 heterocycles. The number of benzene rings is 1. The number of carboxylic acid groups (broad SMARTS) is 1. The van der Waals surface area contributed by atoms with Gasteiger partial charge in [-0.2, -0.15) is 0 Å². The smallest absolute Gasteiger partial charge is 0.284 e. The number of nitro groups is 1. The van der Waals surface area contributed by atoms with Gasteiger partial charge in [-0.15, -0.1) is 0 Å². The van der Waals surface area contributed by atoms with Crippen molar-refractivity contribution in [1.29, 1.82) is 0 Å². The van der Waals surface area contributed by atoms with Crippen molar-refractivity contribution in [2.75, 3.05) is 0 Å². The van der Waals surface area contributed by atoms with E-state index in [1.54, 1.807) is 6.07 Å². The van der Waals surface area contributed by atoms with Gasteiger partial charge in [-0.05, 0) is 18.0 Å². The molecule has 0 aliphatic heterocycles. The summed E-state index contributed by atoms with van der Waals surface area (Å²) < 4.78 is 2.41. The van der Waals surface area contributed by atoms with E-state index in [0.717, 1.165) is 11.9 Å². The van der Waals surface area contributed by atoms with Gasteiger partial charge in [0.05, 0.1) is 16.9 Å². The first-order valence-electron chi connectivity index (χ1n) is 5.06. The Morgan fingerprint density at radius 1 is 1.42 bits per heavy atom. The first kappa shape index (κ1) is 14.9. The first-order valence-corrected chi connectivity index (χ1v) is 5.88. The minimum atomic E-state index is -1.51. The van der Waals surface area contributed by atoms with E-state index in [1.165, 1.54) is 18.2 Å². The summed E-state index contributed by atoms with van der Waals surface area (Å²) in [7, 11) is 0. The van der Waals surface area contributed by atoms with Crippen LogP contribution in [0.4, 0.5) is 5.69 Å². The molecule has 0 unspecified atom stereocenters. The van der Waals surface area contributed by atoms with Crippen LogP contribution in [0.15, 0.2) is 29.2 Å². The van der Waals surface area contributed by atoms with E-state index >= 15 is 0 Å². The molecule has 0 bridgehead atoms. The average Bonchev–Trinajstić information content (AvgIpc) is 2.34. The van der Waals surface area contributed by atoms with E-state index in [0.29, 0.717) is 0 Å². The summed E-state index contributed by atoms with van der Waals surface area (Å²) >= 11 is 0.734. The third-order valence-electron chi connectivity index (χ3n) is 2.06. The standard InChI is InChI=1S/C10H11N3O5S/c11-9(14)5-6(10(15)16)12-19-8-4-2-1-3-7(8)13(17)18/h1-4,6,12H,5H2,(H2,11,14)(H,15,16)/p-1/t6-/m0/s1. The Morgan fingerprint density at radius 2 is 2.05 bits per heavy atom. The fourth-order valence-electron chi connectivity index (χ4n) is 1.20. The van der Waals surface area contributed by atoms with Crippen LogP contribution in [0.1, 0.15) is 6.42 Å². The fraction of sp³-hybridized carbons (Fsp3) is 0.200. The quantitative estimate of drug-likeness (QED) is 0.379. The van der Waals surface area contributed by atoms with E-state index in [2.05, 4.69) is 4.72 Å². The molecule has 0 radical (unpaired) electrons. The molecule has 3 N–H and O–H groups in total. The Bertz CT molecular complexity index is 508. The molecule has 0 aliphatic rings. The van der Waals surface area contributed by atoms with Crippen LogP contribution in [0.25, 0.3) is 0 Å². The number of hydrogen-bond donors (Lipinski definition) is 2. The second-order valence-electron chi connectivity index (χ2n) is 3.49. The van der Waals surface area contributed by atoms with Crippen molar-refractivity contribution in [3.63, 3.8) is 0 Å². The Morgan fingerprint density at radius 3 is 2.58 bits per heavy atom. The number of nitrogens with one attached hydrogen (secondary N) is 1. The highest BCUT2D eigenvalue weighted by atomic mass is 32.2. The van der Waals surface area contributed by atoms with E-state index in [9.17, 15) is 24.8 Å². The van der Waals surface area contributed by atoms with Crippen LogP contribution in [-0.2, 0) is 9.59 Å². The maximum absolute atomic E-state index is 10.7. The van der Waals surface area contributed by atoms with E-state index in [1.807, 2.05) is 0 Å². The van der Waals surface area contributed by atoms with Gasteiger partial charge in [0, 0.05) is 12.5 Å². The van der Waals surface area contributed by atoms with Crippen LogP contribution in [0.2, 0.25) is 0 Å². The van der Waals surface area contributed by atoms with Gasteiger partial charge in [-0.1, -0.05) is 12.1 Å². The number of carbonyl (C=O) groups is 2. The van der Waals surface area contributed by atoms with Gasteiger partial charge in [0.25, 0.3) is 5.69 Å². The fourth-order valence-corrected chi connectivity index (χ4v) is 2.05. The highest BCUT2D eigenvalue weighted by Crippen LogP contribution is 2.26. The van der Waals surface area contributed by atoms with Crippen molar-refractivity contribution in [2.45, 2.75) is 17.4 Å². The van der Waals surface area contributed by atoms with Crippen LogP contribution in [-0.4, -0.2) is 22.8 Å². The predicted octanol–water partition coefficient (Wildman–Crippen LogP) is -0.815. The van der Waals surface area contributed by atoms with Gasteiger partial charge < -0.3 is 15.6 Å². The normalized spacial score (nSPS) is 11.8. The highest BCUT2D eigenvalue weighted by molar-refractivity contribution is 7.97. The third kappa shape index (κ3) is 4.56. The number of nitrogens with zero attached hydrogens (tertiary/aromatic N) is 1. The van der Waals surface area contributed by atoms with Gasteiger partial charge in [0.1, 0.15) is 4.90 Å². The number of para-hydroxylation sites is 1. The number of hydrogen-bond acceptors (Lipinski definition) is 7. The zero-order valence-electron chi connectivity index (χ0n) is 9.57. The van der Waals surface area contributed by atoms with Crippen LogP contribution in [0, 0.1) is 10.1 Å². The molecule has 0 aliphatic carbocycles. The molecule has 0 fully saturated rings. The molecule has 0 saturated carbocycles. The lowest BCUT2D eigenvalue weighted by atomic mass is 10.2. The first-order chi connectivity index (χ1) is 8.91. The number of aliphatic carboxylic acids is 1. The Hall–Kier alpha value is -2.13. The predicted molar refractivity (Wildman–Crippen MR) is 64.7 cm³/mol. The molecule has 8 nitrogen and oxygen atoms in total. The van der Waals surface area contributed by atoms with Gasteiger partial charge in [0.2, 0.25) is 5.91 Å². The second-order valence-corrected chi connectivity index (χ2v) is 4.37. The van der Waals surface area contributed by atoms with Crippen LogP contribution in [0.3, 0.4) is 0 Å². The monoisotopic (exact) mass is 284 g/mol. The number of nitro benzene ring substituents is 1. The van der Waals surface area contributed by atoms with Crippen molar-refractivity contribution in [1.82, 2.24) is 4.72 Å². The van der Waals surface area contributed by atoms with Crippen molar-refractivity contribution < 1.29 is 19.6 Å². The summed E-state index contributed by atoms with van der Waals surface area (Å²) in [5, 5.41) is 21.5. The number of amides is 1. The van der Waals surface area contributed by atoms with Crippen molar-refractivity contribution in [3.05, 3.63) is 34.4 Å². The van der Waals surface area contributed by atoms with E-state index in [4.69, 9.17) is 5.73 Å². The zero-order valence-corrected chi connectivity index (χ0v) is 10.4. The Balaban J connectivity index is 2.77. The molecular weight excluding hydrogens is 274 g/mol. The summed E-state index contributed by atoms with van der Waals surface area (Å²) in [5.41, 5.74) is 4.72. The Kier molecular flexibility index (Phi) is 5.27. The molecule has 1 rings (SSSR count). The summed E-state index contributed by atoms with van der Waals surface area (Å²) in [6.07, 6.45) is -0.462. The van der Waals surface area contributed by atoms with Gasteiger partial charge >= 0.3 is 0 Å². The number of rotatable bonds is 7. The van der Waals surface area contributed by atoms with Gasteiger partial charge in [-0.25, -0.2) is 0 Å². The van der Waals surface area contributed by atoms with Crippen molar-refractivity contribution >= 4 is 29.5 Å². The van der Waals surface area contributed by atoms with Gasteiger partial charge in [0.15, 0.2) is 0 Å². The number of nitrogens with two attached hydrogens (primary N) is 1. The van der Waals surface area contributed by atoms with Crippen molar-refractivity contribution in [2.24, 2.45) is 5.73 Å². The lowest BCUT2D eigenvalue weighted by Crippen LogP contribution is -2.45. The van der Waals surface area contributed by atoms with Crippen LogP contribution < -0.4 is 15.6 Å². The molecule has 1 amide bonds. The molecular formula is C10H10N3O5S-. The minimum absolute atomic E-state index is 0.170. The summed E-state index contributed by atoms with van der Waals surface area (Å²) in [6.45, 7) is 0. The molecule has 0 saturated heterocycles. The lowest BCUT2D eigenvalue weighted by molar-refractivity contribution is -0.387. The zero-order chi connectivity index (χ0) is 14.4. The topological polar surface area (TPSA) is 138 Å². The highest BCUT2D eigenvalue weighted by Gasteiger charge is 2.17.